The second kappa shape index (κ2) is 6.27. The quantitative estimate of drug-likeness (QED) is 0.663. The van der Waals surface area contributed by atoms with Gasteiger partial charge in [-0.2, -0.15) is 0 Å². The van der Waals surface area contributed by atoms with Crippen molar-refractivity contribution in [1.29, 1.82) is 0 Å². The van der Waals surface area contributed by atoms with Gasteiger partial charge in [-0.05, 0) is 38.8 Å². The lowest BCUT2D eigenvalue weighted by Crippen LogP contribution is -2.55. The third kappa shape index (κ3) is 2.27. The molecule has 0 aromatic heterocycles. The normalized spacial score (nSPS) is 33.3. The molecule has 2 saturated heterocycles. The van der Waals surface area contributed by atoms with Crippen molar-refractivity contribution in [2.75, 3.05) is 5.32 Å². The molecule has 2 fully saturated rings. The van der Waals surface area contributed by atoms with Gasteiger partial charge in [0.2, 0.25) is 17.7 Å². The predicted molar refractivity (Wildman–Crippen MR) is 104 cm³/mol. The van der Waals surface area contributed by atoms with E-state index in [1.165, 1.54) is 4.90 Å². The summed E-state index contributed by atoms with van der Waals surface area (Å²) in [4.78, 5) is 41.1. The SMILES string of the molecule is CC[C@@H](C)N1C(=O)[C@@H]2[C@@H]([C@H](C)O)N[C@@]3(C(=O)Nc4c(Cl)cc(C)cc43)[C@@H]2C1=O. The zero-order valence-electron chi connectivity index (χ0n) is 16.2. The first kappa shape index (κ1) is 19.4. The monoisotopic (exact) mass is 405 g/mol. The number of hydrogen-bond donors (Lipinski definition) is 3. The molecule has 0 aliphatic carbocycles. The maximum atomic E-state index is 13.4. The lowest BCUT2D eigenvalue weighted by Gasteiger charge is -2.31. The Bertz CT molecular complexity index is 902. The van der Waals surface area contributed by atoms with E-state index < -0.39 is 35.4 Å². The average molecular weight is 406 g/mol. The van der Waals surface area contributed by atoms with Crippen LogP contribution in [-0.4, -0.2) is 45.9 Å². The van der Waals surface area contributed by atoms with Crippen LogP contribution in [0.5, 0.6) is 0 Å². The van der Waals surface area contributed by atoms with Gasteiger partial charge in [0, 0.05) is 17.6 Å². The highest BCUT2D eigenvalue weighted by molar-refractivity contribution is 6.35. The minimum atomic E-state index is -1.42. The van der Waals surface area contributed by atoms with Crippen molar-refractivity contribution in [3.05, 3.63) is 28.3 Å². The van der Waals surface area contributed by atoms with Gasteiger partial charge in [-0.25, -0.2) is 0 Å². The van der Waals surface area contributed by atoms with Gasteiger partial charge in [0.05, 0.1) is 28.6 Å². The van der Waals surface area contributed by atoms with E-state index in [9.17, 15) is 19.5 Å². The molecule has 3 amide bonds. The molecule has 0 saturated carbocycles. The third-order valence-corrected chi connectivity index (χ3v) is 6.74. The second-order valence-corrected chi connectivity index (χ2v) is 8.56. The van der Waals surface area contributed by atoms with Gasteiger partial charge < -0.3 is 10.4 Å². The van der Waals surface area contributed by atoms with Crippen molar-refractivity contribution < 1.29 is 19.5 Å². The number of anilines is 1. The number of benzene rings is 1. The van der Waals surface area contributed by atoms with E-state index >= 15 is 0 Å². The first-order chi connectivity index (χ1) is 13.1. The van der Waals surface area contributed by atoms with Gasteiger partial charge >= 0.3 is 0 Å². The first-order valence-corrected chi connectivity index (χ1v) is 9.97. The van der Waals surface area contributed by atoms with Crippen molar-refractivity contribution in [2.24, 2.45) is 11.8 Å². The summed E-state index contributed by atoms with van der Waals surface area (Å²) in [7, 11) is 0. The number of carbonyl (C=O) groups excluding carboxylic acids is 3. The molecule has 0 unspecified atom stereocenters. The number of hydrogen-bond acceptors (Lipinski definition) is 5. The van der Waals surface area contributed by atoms with Gasteiger partial charge in [0.15, 0.2) is 0 Å². The number of aliphatic hydroxyl groups is 1. The van der Waals surface area contributed by atoms with E-state index in [4.69, 9.17) is 11.6 Å². The Morgan fingerprint density at radius 1 is 1.25 bits per heavy atom. The molecule has 4 rings (SSSR count). The highest BCUT2D eigenvalue weighted by atomic mass is 35.5. The summed E-state index contributed by atoms with van der Waals surface area (Å²) in [5, 5.41) is 16.7. The molecule has 1 spiro atoms. The number of fused-ring (bicyclic) bond motifs is 4. The van der Waals surface area contributed by atoms with Crippen LogP contribution < -0.4 is 10.6 Å². The van der Waals surface area contributed by atoms with E-state index in [-0.39, 0.29) is 17.9 Å². The van der Waals surface area contributed by atoms with Crippen LogP contribution in [0.25, 0.3) is 0 Å². The second-order valence-electron chi connectivity index (χ2n) is 8.15. The molecule has 0 radical (unpaired) electrons. The number of carbonyl (C=O) groups is 3. The summed E-state index contributed by atoms with van der Waals surface area (Å²) in [6.45, 7) is 7.14. The fourth-order valence-electron chi connectivity index (χ4n) is 4.98. The summed E-state index contributed by atoms with van der Waals surface area (Å²) >= 11 is 6.36. The van der Waals surface area contributed by atoms with Crippen molar-refractivity contribution in [3.8, 4) is 0 Å². The molecule has 7 nitrogen and oxygen atoms in total. The Kier molecular flexibility index (Phi) is 4.34. The number of halogens is 1. The van der Waals surface area contributed by atoms with Crippen LogP contribution in [0, 0.1) is 18.8 Å². The number of aryl methyl sites for hydroxylation is 1. The molecule has 0 bridgehead atoms. The molecule has 3 aliphatic heterocycles. The highest BCUT2D eigenvalue weighted by Crippen LogP contribution is 2.55. The lowest BCUT2D eigenvalue weighted by atomic mass is 9.76. The van der Waals surface area contributed by atoms with Crippen LogP contribution in [0.15, 0.2) is 12.1 Å². The number of aliphatic hydroxyl groups excluding tert-OH is 1. The summed E-state index contributed by atoms with van der Waals surface area (Å²) in [5.74, 6) is -2.86. The van der Waals surface area contributed by atoms with E-state index in [2.05, 4.69) is 10.6 Å². The summed E-state index contributed by atoms with van der Waals surface area (Å²) in [6, 6.07) is 2.57. The summed E-state index contributed by atoms with van der Waals surface area (Å²) in [5.41, 5.74) is 0.436. The van der Waals surface area contributed by atoms with Gasteiger partial charge in [0.1, 0.15) is 5.54 Å². The topological polar surface area (TPSA) is 98.7 Å². The largest absolute Gasteiger partial charge is 0.392 e. The van der Waals surface area contributed by atoms with Gasteiger partial charge in [-0.15, -0.1) is 0 Å². The van der Waals surface area contributed by atoms with Crippen LogP contribution in [0.3, 0.4) is 0 Å². The molecule has 3 N–H and O–H groups in total. The van der Waals surface area contributed by atoms with Gasteiger partial charge in [-0.3, -0.25) is 24.6 Å². The Morgan fingerprint density at radius 2 is 1.93 bits per heavy atom. The molecule has 150 valence electrons. The molecule has 6 atom stereocenters. The summed E-state index contributed by atoms with van der Waals surface area (Å²) in [6.07, 6.45) is -0.303. The minimum absolute atomic E-state index is 0.276. The average Bonchev–Trinajstić information content (AvgIpc) is 3.21. The van der Waals surface area contributed by atoms with Crippen molar-refractivity contribution in [1.82, 2.24) is 10.2 Å². The Labute approximate surface area is 168 Å². The highest BCUT2D eigenvalue weighted by Gasteiger charge is 2.71. The molecule has 3 aliphatic rings. The Morgan fingerprint density at radius 3 is 2.54 bits per heavy atom. The van der Waals surface area contributed by atoms with Crippen molar-refractivity contribution >= 4 is 35.0 Å². The zero-order chi connectivity index (χ0) is 20.5. The van der Waals surface area contributed by atoms with Crippen molar-refractivity contribution in [3.63, 3.8) is 0 Å². The van der Waals surface area contributed by atoms with Crippen LogP contribution in [-0.2, 0) is 19.9 Å². The minimum Gasteiger partial charge on any atom is -0.392 e. The number of likely N-dealkylation sites (tertiary alicyclic amines) is 1. The standard InChI is InChI=1S/C20H24ClN3O4/c1-5-9(3)24-17(26)13-14(18(24)27)20(23-15(13)10(4)25)11-6-8(2)7-12(21)16(11)22-19(20)28/h6-7,9-10,13-15,23,25H,5H2,1-4H3,(H,22,28)/t9-,10+,13+,14+,15-,20-/m1/s1. The number of nitrogens with one attached hydrogen (secondary N) is 2. The summed E-state index contributed by atoms with van der Waals surface area (Å²) < 4.78 is 0. The molecule has 1 aromatic carbocycles. The number of rotatable bonds is 3. The smallest absolute Gasteiger partial charge is 0.250 e. The fourth-order valence-corrected chi connectivity index (χ4v) is 5.30. The van der Waals surface area contributed by atoms with Gasteiger partial charge in [-0.1, -0.05) is 24.6 Å². The van der Waals surface area contributed by atoms with Gasteiger partial charge in [0.25, 0.3) is 0 Å². The molecular formula is C20H24ClN3O4. The lowest BCUT2D eigenvalue weighted by molar-refractivity contribution is -0.145. The Balaban J connectivity index is 1.94. The fraction of sp³-hybridized carbons (Fsp3) is 0.550. The van der Waals surface area contributed by atoms with E-state index in [0.29, 0.717) is 22.7 Å². The van der Waals surface area contributed by atoms with Crippen LogP contribution in [0.2, 0.25) is 5.02 Å². The van der Waals surface area contributed by atoms with Crippen molar-refractivity contribution in [2.45, 2.75) is 57.8 Å². The van der Waals surface area contributed by atoms with E-state index in [1.54, 1.807) is 13.0 Å². The molecule has 28 heavy (non-hydrogen) atoms. The molecule has 8 heteroatoms. The number of imide groups is 1. The third-order valence-electron chi connectivity index (χ3n) is 6.44. The Hall–Kier alpha value is -1.96. The van der Waals surface area contributed by atoms with E-state index in [0.717, 1.165) is 5.56 Å². The predicted octanol–water partition coefficient (Wildman–Crippen LogP) is 1.55. The maximum Gasteiger partial charge on any atom is 0.250 e. The number of nitrogens with zero attached hydrogens (tertiary/aromatic N) is 1. The zero-order valence-corrected chi connectivity index (χ0v) is 17.0. The molecule has 1 aromatic rings. The van der Waals surface area contributed by atoms with Crippen LogP contribution in [0.4, 0.5) is 5.69 Å². The molecule has 3 heterocycles. The molecular weight excluding hydrogens is 382 g/mol. The number of amides is 3. The van der Waals surface area contributed by atoms with Crippen LogP contribution >= 0.6 is 11.6 Å². The van der Waals surface area contributed by atoms with E-state index in [1.807, 2.05) is 26.8 Å². The van der Waals surface area contributed by atoms with Crippen LogP contribution in [0.1, 0.15) is 38.3 Å². The first-order valence-electron chi connectivity index (χ1n) is 9.59. The maximum absolute atomic E-state index is 13.4.